The molecule has 2 N–H and O–H groups in total. The van der Waals surface area contributed by atoms with Gasteiger partial charge in [0.1, 0.15) is 11.5 Å². The number of aromatic hydroxyl groups is 1. The number of carbonyl (C=O) groups is 2. The first-order valence-corrected chi connectivity index (χ1v) is 6.59. The number of hydrogen-bond acceptors (Lipinski definition) is 5. The summed E-state index contributed by atoms with van der Waals surface area (Å²) in [7, 11) is 0. The number of hydrogen-bond donors (Lipinski definition) is 2. The maximum absolute atomic E-state index is 12.2. The summed E-state index contributed by atoms with van der Waals surface area (Å²) in [5, 5.41) is 10.4. The van der Waals surface area contributed by atoms with Gasteiger partial charge in [-0.1, -0.05) is 6.07 Å². The molecule has 2 aromatic carbocycles. The lowest BCUT2D eigenvalue weighted by atomic mass is 10.1. The Hall–Kier alpha value is -3.23. The van der Waals surface area contributed by atoms with Crippen LogP contribution >= 0.6 is 0 Å². The number of imide groups is 1. The zero-order valence-corrected chi connectivity index (χ0v) is 11.8. The van der Waals surface area contributed by atoms with Crippen molar-refractivity contribution in [2.75, 3.05) is 5.43 Å². The summed E-state index contributed by atoms with van der Waals surface area (Å²) in [5.41, 5.74) is 2.58. The Morgan fingerprint density at radius 1 is 1.00 bits per heavy atom. The van der Waals surface area contributed by atoms with Crippen molar-refractivity contribution in [1.29, 1.82) is 0 Å². The van der Waals surface area contributed by atoms with Gasteiger partial charge in [-0.05, 0) is 36.4 Å². The Morgan fingerprint density at radius 3 is 2.25 bits per heavy atom. The van der Waals surface area contributed by atoms with Crippen molar-refractivity contribution >= 4 is 17.5 Å². The number of benzene rings is 2. The van der Waals surface area contributed by atoms with Gasteiger partial charge in [-0.15, -0.1) is 13.2 Å². The summed E-state index contributed by atoms with van der Waals surface area (Å²) < 4.78 is 40.0. The SMILES string of the molecule is O=C1c2cccc(O)c2C(=O)N1Nc1ccc(OC(F)(F)F)cc1. The predicted octanol–water partition coefficient (Wildman–Crippen LogP) is 2.91. The van der Waals surface area contributed by atoms with Gasteiger partial charge in [-0.25, -0.2) is 0 Å². The smallest absolute Gasteiger partial charge is 0.507 e. The van der Waals surface area contributed by atoms with Gasteiger partial charge in [-0.2, -0.15) is 5.01 Å². The molecular formula is C15H9F3N2O4. The lowest BCUT2D eigenvalue weighted by Crippen LogP contribution is -2.35. The molecule has 2 aromatic rings. The highest BCUT2D eigenvalue weighted by Crippen LogP contribution is 2.31. The number of rotatable bonds is 3. The van der Waals surface area contributed by atoms with Crippen LogP contribution in [0.25, 0.3) is 0 Å². The Labute approximate surface area is 133 Å². The molecule has 0 aromatic heterocycles. The zero-order chi connectivity index (χ0) is 17.5. The predicted molar refractivity (Wildman–Crippen MR) is 75.4 cm³/mol. The minimum atomic E-state index is -4.81. The van der Waals surface area contributed by atoms with Crippen LogP contribution in [0.3, 0.4) is 0 Å². The fraction of sp³-hybridized carbons (Fsp3) is 0.0667. The van der Waals surface area contributed by atoms with Crippen LogP contribution in [0.1, 0.15) is 20.7 Å². The molecule has 0 aliphatic carbocycles. The van der Waals surface area contributed by atoms with E-state index in [-0.39, 0.29) is 22.6 Å². The largest absolute Gasteiger partial charge is 0.573 e. The molecule has 0 saturated heterocycles. The summed E-state index contributed by atoms with van der Waals surface area (Å²) in [6.07, 6.45) is -4.81. The van der Waals surface area contributed by atoms with Crippen LogP contribution < -0.4 is 10.2 Å². The Balaban J connectivity index is 1.79. The molecule has 0 radical (unpaired) electrons. The van der Waals surface area contributed by atoms with Gasteiger partial charge >= 0.3 is 6.36 Å². The normalized spacial score (nSPS) is 13.9. The Bertz CT molecular complexity index is 818. The number of phenolic OH excluding ortho intramolecular Hbond substituents is 1. The highest BCUT2D eigenvalue weighted by atomic mass is 19.4. The Morgan fingerprint density at radius 2 is 1.67 bits per heavy atom. The van der Waals surface area contributed by atoms with E-state index in [0.29, 0.717) is 5.01 Å². The van der Waals surface area contributed by atoms with E-state index in [1.807, 2.05) is 0 Å². The average molecular weight is 338 g/mol. The summed E-state index contributed by atoms with van der Waals surface area (Å²) in [6.45, 7) is 0. The number of halogens is 3. The number of alkyl halides is 3. The lowest BCUT2D eigenvalue weighted by Gasteiger charge is -2.17. The molecule has 1 heterocycles. The molecule has 9 heteroatoms. The van der Waals surface area contributed by atoms with Crippen LogP contribution in [0.4, 0.5) is 18.9 Å². The van der Waals surface area contributed by atoms with Crippen LogP contribution in [0.5, 0.6) is 11.5 Å². The molecule has 1 aliphatic heterocycles. The first-order valence-electron chi connectivity index (χ1n) is 6.59. The van der Waals surface area contributed by atoms with Gasteiger partial charge in [0.25, 0.3) is 11.8 Å². The van der Waals surface area contributed by atoms with Gasteiger partial charge in [0.05, 0.1) is 16.8 Å². The zero-order valence-electron chi connectivity index (χ0n) is 11.8. The second kappa shape index (κ2) is 5.44. The minimum Gasteiger partial charge on any atom is -0.507 e. The van der Waals surface area contributed by atoms with Crippen LogP contribution in [0.15, 0.2) is 42.5 Å². The van der Waals surface area contributed by atoms with E-state index in [2.05, 4.69) is 10.2 Å². The maximum atomic E-state index is 12.2. The highest BCUT2D eigenvalue weighted by Gasteiger charge is 2.38. The molecule has 0 atom stereocenters. The van der Waals surface area contributed by atoms with E-state index in [1.165, 1.54) is 30.3 Å². The fourth-order valence-electron chi connectivity index (χ4n) is 2.23. The topological polar surface area (TPSA) is 78.9 Å². The number of carbonyl (C=O) groups excluding carboxylic acids is 2. The molecule has 3 rings (SSSR count). The van der Waals surface area contributed by atoms with E-state index in [1.54, 1.807) is 0 Å². The first-order chi connectivity index (χ1) is 11.3. The van der Waals surface area contributed by atoms with Crippen molar-refractivity contribution in [3.8, 4) is 11.5 Å². The molecule has 2 amide bonds. The summed E-state index contributed by atoms with van der Waals surface area (Å²) in [6, 6.07) is 8.58. The van der Waals surface area contributed by atoms with Crippen LogP contribution in [0.2, 0.25) is 0 Å². The van der Waals surface area contributed by atoms with Gasteiger partial charge in [0.2, 0.25) is 0 Å². The van der Waals surface area contributed by atoms with E-state index in [9.17, 15) is 27.9 Å². The number of fused-ring (bicyclic) bond motifs is 1. The standard InChI is InChI=1S/C15H9F3N2O4/c16-15(17,18)24-9-6-4-8(5-7-9)19-20-13(22)10-2-1-3-11(21)12(10)14(20)23/h1-7,19,21H. The summed E-state index contributed by atoms with van der Waals surface area (Å²) in [5.74, 6) is -2.21. The third-order valence-corrected chi connectivity index (χ3v) is 3.22. The Kier molecular flexibility index (Phi) is 3.55. The molecule has 0 saturated carbocycles. The number of hydrazine groups is 1. The number of amides is 2. The van der Waals surface area contributed by atoms with Gasteiger partial charge in [-0.3, -0.25) is 15.0 Å². The van der Waals surface area contributed by atoms with Crippen LogP contribution in [-0.2, 0) is 0 Å². The molecule has 0 spiro atoms. The van der Waals surface area contributed by atoms with Crippen molar-refractivity contribution in [3.05, 3.63) is 53.6 Å². The highest BCUT2D eigenvalue weighted by molar-refractivity contribution is 6.23. The third kappa shape index (κ3) is 2.83. The monoisotopic (exact) mass is 338 g/mol. The van der Waals surface area contributed by atoms with Gasteiger partial charge < -0.3 is 9.84 Å². The van der Waals surface area contributed by atoms with Crippen molar-refractivity contribution < 1.29 is 32.6 Å². The number of nitrogens with zero attached hydrogens (tertiary/aromatic N) is 1. The third-order valence-electron chi connectivity index (χ3n) is 3.22. The number of nitrogens with one attached hydrogen (secondary N) is 1. The van der Waals surface area contributed by atoms with Crippen LogP contribution in [0, 0.1) is 0 Å². The second-order valence-electron chi connectivity index (χ2n) is 4.83. The fourth-order valence-corrected chi connectivity index (χ4v) is 2.23. The molecule has 1 aliphatic rings. The van der Waals surface area contributed by atoms with Gasteiger partial charge in [0, 0.05) is 0 Å². The van der Waals surface area contributed by atoms with E-state index in [4.69, 9.17) is 0 Å². The van der Waals surface area contributed by atoms with E-state index in [0.717, 1.165) is 12.1 Å². The summed E-state index contributed by atoms with van der Waals surface area (Å²) >= 11 is 0. The molecule has 0 unspecified atom stereocenters. The minimum absolute atomic E-state index is 0.0320. The van der Waals surface area contributed by atoms with Crippen molar-refractivity contribution in [3.63, 3.8) is 0 Å². The van der Waals surface area contributed by atoms with Crippen molar-refractivity contribution in [2.24, 2.45) is 0 Å². The molecule has 6 nitrogen and oxygen atoms in total. The average Bonchev–Trinajstić information content (AvgIpc) is 2.74. The number of phenols is 1. The molecule has 0 fully saturated rings. The molecule has 124 valence electrons. The number of anilines is 1. The first kappa shape index (κ1) is 15.7. The van der Waals surface area contributed by atoms with E-state index < -0.39 is 23.9 Å². The van der Waals surface area contributed by atoms with Gasteiger partial charge in [0.15, 0.2) is 0 Å². The molecular weight excluding hydrogens is 329 g/mol. The summed E-state index contributed by atoms with van der Waals surface area (Å²) in [4.78, 5) is 24.4. The lowest BCUT2D eigenvalue weighted by molar-refractivity contribution is -0.274. The maximum Gasteiger partial charge on any atom is 0.573 e. The number of ether oxygens (including phenoxy) is 1. The van der Waals surface area contributed by atoms with Crippen molar-refractivity contribution in [1.82, 2.24) is 5.01 Å². The van der Waals surface area contributed by atoms with Crippen molar-refractivity contribution in [2.45, 2.75) is 6.36 Å². The van der Waals surface area contributed by atoms with Crippen LogP contribution in [-0.4, -0.2) is 28.3 Å². The molecule has 0 bridgehead atoms. The molecule has 24 heavy (non-hydrogen) atoms. The second-order valence-corrected chi connectivity index (χ2v) is 4.83. The van der Waals surface area contributed by atoms with E-state index >= 15 is 0 Å². The quantitative estimate of drug-likeness (QED) is 0.842.